The van der Waals surface area contributed by atoms with Gasteiger partial charge in [0.15, 0.2) is 0 Å². The van der Waals surface area contributed by atoms with Crippen molar-refractivity contribution in [3.8, 4) is 5.75 Å². The minimum absolute atomic E-state index is 0.0456. The minimum atomic E-state index is -0.945. The Hall–Kier alpha value is -1.86. The van der Waals surface area contributed by atoms with Gasteiger partial charge in [-0.2, -0.15) is 0 Å². The lowest BCUT2D eigenvalue weighted by Crippen LogP contribution is -2.43. The summed E-state index contributed by atoms with van der Waals surface area (Å²) < 4.78 is 5.32. The Morgan fingerprint density at radius 2 is 2.10 bits per heavy atom. The Kier molecular flexibility index (Phi) is 5.92. The van der Waals surface area contributed by atoms with Crippen molar-refractivity contribution in [3.63, 3.8) is 0 Å². The van der Waals surface area contributed by atoms with Gasteiger partial charge in [-0.25, -0.2) is 0 Å². The molecule has 0 fully saturated rings. The molecule has 0 aromatic heterocycles. The van der Waals surface area contributed by atoms with E-state index in [0.717, 1.165) is 0 Å². The SMILES string of the molecule is CCOc1cc(NCC(C)(O)CN(C)C)cc([N+](=O)[O-])c1. The predicted octanol–water partition coefficient (Wildman–Crippen LogP) is 1.72. The summed E-state index contributed by atoms with van der Waals surface area (Å²) in [6.07, 6.45) is 0. The van der Waals surface area contributed by atoms with E-state index in [4.69, 9.17) is 4.74 Å². The molecular weight excluding hydrogens is 274 g/mol. The van der Waals surface area contributed by atoms with E-state index in [0.29, 0.717) is 24.6 Å². The first-order chi connectivity index (χ1) is 9.73. The number of hydrogen-bond donors (Lipinski definition) is 2. The fourth-order valence-corrected chi connectivity index (χ4v) is 2.07. The maximum atomic E-state index is 10.9. The Morgan fingerprint density at radius 3 is 2.62 bits per heavy atom. The van der Waals surface area contributed by atoms with Gasteiger partial charge < -0.3 is 20.1 Å². The average Bonchev–Trinajstić information content (AvgIpc) is 2.35. The number of nitro benzene ring substituents is 1. The molecule has 0 aliphatic carbocycles. The smallest absolute Gasteiger partial charge is 0.275 e. The van der Waals surface area contributed by atoms with E-state index >= 15 is 0 Å². The number of nitro groups is 1. The molecule has 0 saturated carbocycles. The van der Waals surface area contributed by atoms with Crippen LogP contribution in [0, 0.1) is 10.1 Å². The van der Waals surface area contributed by atoms with E-state index in [1.165, 1.54) is 12.1 Å². The van der Waals surface area contributed by atoms with Crippen LogP contribution in [0.3, 0.4) is 0 Å². The van der Waals surface area contributed by atoms with Crippen molar-refractivity contribution in [2.45, 2.75) is 19.4 Å². The van der Waals surface area contributed by atoms with Gasteiger partial charge in [0, 0.05) is 30.9 Å². The number of nitrogens with zero attached hydrogens (tertiary/aromatic N) is 2. The summed E-state index contributed by atoms with van der Waals surface area (Å²) in [4.78, 5) is 12.3. The Bertz CT molecular complexity index is 489. The molecule has 0 aliphatic heterocycles. The van der Waals surface area contributed by atoms with Crippen molar-refractivity contribution in [1.29, 1.82) is 0 Å². The standard InChI is InChI=1S/C14H23N3O4/c1-5-21-13-7-11(6-12(8-13)17(19)20)15-9-14(2,18)10-16(3)4/h6-8,15,18H,5,9-10H2,1-4H3. The van der Waals surface area contributed by atoms with Gasteiger partial charge in [-0.05, 0) is 27.9 Å². The quantitative estimate of drug-likeness (QED) is 0.561. The van der Waals surface area contributed by atoms with E-state index in [1.807, 2.05) is 25.9 Å². The average molecular weight is 297 g/mol. The molecule has 0 saturated heterocycles. The van der Waals surface area contributed by atoms with Gasteiger partial charge >= 0.3 is 0 Å². The highest BCUT2D eigenvalue weighted by Crippen LogP contribution is 2.26. The molecule has 1 rings (SSSR count). The zero-order valence-electron chi connectivity index (χ0n) is 12.9. The lowest BCUT2D eigenvalue weighted by molar-refractivity contribution is -0.384. The van der Waals surface area contributed by atoms with Crippen molar-refractivity contribution in [1.82, 2.24) is 4.90 Å². The molecule has 0 heterocycles. The number of nitrogens with one attached hydrogen (secondary N) is 1. The highest BCUT2D eigenvalue weighted by atomic mass is 16.6. The van der Waals surface area contributed by atoms with Gasteiger partial charge in [0.1, 0.15) is 5.75 Å². The van der Waals surface area contributed by atoms with E-state index in [2.05, 4.69) is 5.32 Å². The normalized spacial score (nSPS) is 13.8. The van der Waals surface area contributed by atoms with E-state index in [1.54, 1.807) is 13.0 Å². The predicted molar refractivity (Wildman–Crippen MR) is 81.9 cm³/mol. The van der Waals surface area contributed by atoms with Crippen LogP contribution < -0.4 is 10.1 Å². The van der Waals surface area contributed by atoms with Crippen molar-refractivity contribution in [2.24, 2.45) is 0 Å². The molecule has 0 bridgehead atoms. The van der Waals surface area contributed by atoms with Crippen LogP contribution in [0.25, 0.3) is 0 Å². The zero-order valence-corrected chi connectivity index (χ0v) is 12.9. The lowest BCUT2D eigenvalue weighted by Gasteiger charge is -2.27. The van der Waals surface area contributed by atoms with E-state index in [9.17, 15) is 15.2 Å². The molecular formula is C14H23N3O4. The number of hydrogen-bond acceptors (Lipinski definition) is 6. The highest BCUT2D eigenvalue weighted by molar-refractivity contribution is 5.56. The van der Waals surface area contributed by atoms with Crippen LogP contribution >= 0.6 is 0 Å². The molecule has 1 aromatic rings. The van der Waals surface area contributed by atoms with Crippen molar-refractivity contribution < 1.29 is 14.8 Å². The Balaban J connectivity index is 2.84. The van der Waals surface area contributed by atoms with Gasteiger partial charge in [0.2, 0.25) is 0 Å². The summed E-state index contributed by atoms with van der Waals surface area (Å²) in [6, 6.07) is 4.49. The van der Waals surface area contributed by atoms with Gasteiger partial charge in [-0.1, -0.05) is 0 Å². The molecule has 0 radical (unpaired) electrons. The molecule has 2 N–H and O–H groups in total. The maximum absolute atomic E-state index is 10.9. The van der Waals surface area contributed by atoms with Crippen LogP contribution in [0.2, 0.25) is 0 Å². The van der Waals surface area contributed by atoms with Crippen LogP contribution in [0.15, 0.2) is 18.2 Å². The summed E-state index contributed by atoms with van der Waals surface area (Å²) in [5, 5.41) is 24.2. The van der Waals surface area contributed by atoms with E-state index < -0.39 is 10.5 Å². The van der Waals surface area contributed by atoms with Gasteiger partial charge in [0.05, 0.1) is 23.2 Å². The number of non-ortho nitro benzene ring substituents is 1. The number of likely N-dealkylation sites (N-methyl/N-ethyl adjacent to an activating group) is 1. The third-order valence-corrected chi connectivity index (χ3v) is 2.74. The van der Waals surface area contributed by atoms with Crippen LogP contribution in [-0.4, -0.2) is 54.3 Å². The summed E-state index contributed by atoms with van der Waals surface area (Å²) in [6.45, 7) is 4.71. The Labute approximate surface area is 124 Å². The number of rotatable bonds is 8. The van der Waals surface area contributed by atoms with Crippen LogP contribution in [0.5, 0.6) is 5.75 Å². The molecule has 0 spiro atoms. The monoisotopic (exact) mass is 297 g/mol. The van der Waals surface area contributed by atoms with Crippen LogP contribution in [0.1, 0.15) is 13.8 Å². The van der Waals surface area contributed by atoms with Crippen LogP contribution in [-0.2, 0) is 0 Å². The second-order valence-corrected chi connectivity index (χ2v) is 5.49. The number of aliphatic hydroxyl groups is 1. The van der Waals surface area contributed by atoms with Crippen molar-refractivity contribution in [2.75, 3.05) is 39.1 Å². The molecule has 7 heteroatoms. The molecule has 1 aromatic carbocycles. The number of benzene rings is 1. The largest absolute Gasteiger partial charge is 0.494 e. The first-order valence-corrected chi connectivity index (χ1v) is 6.77. The zero-order chi connectivity index (χ0) is 16.0. The topological polar surface area (TPSA) is 87.9 Å². The summed E-state index contributed by atoms with van der Waals surface area (Å²) in [5.74, 6) is 0.432. The van der Waals surface area contributed by atoms with Crippen molar-refractivity contribution >= 4 is 11.4 Å². The minimum Gasteiger partial charge on any atom is -0.494 e. The fourth-order valence-electron chi connectivity index (χ4n) is 2.07. The third kappa shape index (κ3) is 5.97. The molecule has 0 aliphatic rings. The number of ether oxygens (including phenoxy) is 1. The van der Waals surface area contributed by atoms with Crippen LogP contribution in [0.4, 0.5) is 11.4 Å². The molecule has 1 atom stereocenters. The fraction of sp³-hybridized carbons (Fsp3) is 0.571. The maximum Gasteiger partial charge on any atom is 0.275 e. The first kappa shape index (κ1) is 17.2. The lowest BCUT2D eigenvalue weighted by atomic mass is 10.1. The molecule has 0 amide bonds. The second-order valence-electron chi connectivity index (χ2n) is 5.49. The summed E-state index contributed by atoms with van der Waals surface area (Å²) in [7, 11) is 3.74. The Morgan fingerprint density at radius 1 is 1.43 bits per heavy atom. The summed E-state index contributed by atoms with van der Waals surface area (Å²) in [5.41, 5.74) is -0.442. The molecule has 1 unspecified atom stereocenters. The number of anilines is 1. The van der Waals surface area contributed by atoms with Gasteiger partial charge in [-0.3, -0.25) is 10.1 Å². The van der Waals surface area contributed by atoms with E-state index in [-0.39, 0.29) is 12.2 Å². The first-order valence-electron chi connectivity index (χ1n) is 6.77. The second kappa shape index (κ2) is 7.24. The molecule has 118 valence electrons. The molecule has 7 nitrogen and oxygen atoms in total. The highest BCUT2D eigenvalue weighted by Gasteiger charge is 2.21. The third-order valence-electron chi connectivity index (χ3n) is 2.74. The van der Waals surface area contributed by atoms with Gasteiger partial charge in [-0.15, -0.1) is 0 Å². The molecule has 21 heavy (non-hydrogen) atoms. The van der Waals surface area contributed by atoms with Gasteiger partial charge in [0.25, 0.3) is 5.69 Å². The van der Waals surface area contributed by atoms with Crippen molar-refractivity contribution in [3.05, 3.63) is 28.3 Å². The summed E-state index contributed by atoms with van der Waals surface area (Å²) >= 11 is 0.